The van der Waals surface area contributed by atoms with Gasteiger partial charge in [0.2, 0.25) is 5.91 Å². The third-order valence-corrected chi connectivity index (χ3v) is 4.22. The molecule has 1 aliphatic heterocycles. The molecule has 2 aromatic carbocycles. The summed E-state index contributed by atoms with van der Waals surface area (Å²) in [6.45, 7) is 3.16. The van der Waals surface area contributed by atoms with E-state index in [0.717, 1.165) is 24.9 Å². The van der Waals surface area contributed by atoms with Crippen molar-refractivity contribution in [2.75, 3.05) is 6.54 Å². The highest BCUT2D eigenvalue weighted by molar-refractivity contribution is 5.90. The minimum Gasteiger partial charge on any atom is -0.353 e. The summed E-state index contributed by atoms with van der Waals surface area (Å²) in [7, 11) is 0. The number of carbonyl (C=O) groups is 1. The first kappa shape index (κ1) is 16.8. The van der Waals surface area contributed by atoms with Gasteiger partial charge in [0.05, 0.1) is 6.42 Å². The van der Waals surface area contributed by atoms with Crippen LogP contribution in [0.25, 0.3) is 10.8 Å². The van der Waals surface area contributed by atoms with Crippen molar-refractivity contribution in [2.45, 2.75) is 38.3 Å². The molecule has 0 spiro atoms. The Labute approximate surface area is 137 Å². The van der Waals surface area contributed by atoms with E-state index < -0.39 is 0 Å². The number of hydrogen-bond donors (Lipinski definition) is 2. The summed E-state index contributed by atoms with van der Waals surface area (Å²) in [4.78, 5) is 12.3. The molecule has 3 rings (SSSR count). The van der Waals surface area contributed by atoms with Crippen LogP contribution in [0.5, 0.6) is 0 Å². The Morgan fingerprint density at radius 2 is 2.00 bits per heavy atom. The Hall–Kier alpha value is -1.58. The zero-order valence-electron chi connectivity index (χ0n) is 12.8. The van der Waals surface area contributed by atoms with Gasteiger partial charge in [-0.3, -0.25) is 4.79 Å². The Morgan fingerprint density at radius 3 is 2.82 bits per heavy atom. The summed E-state index contributed by atoms with van der Waals surface area (Å²) >= 11 is 0. The third kappa shape index (κ3) is 3.99. The SMILES string of the molecule is CC1CC(NC(=O)Cc2cccc3ccccc23)CCN1.Cl. The van der Waals surface area contributed by atoms with E-state index in [1.54, 1.807) is 0 Å². The van der Waals surface area contributed by atoms with Gasteiger partial charge in [-0.25, -0.2) is 0 Å². The van der Waals surface area contributed by atoms with E-state index in [-0.39, 0.29) is 18.3 Å². The number of hydrogen-bond acceptors (Lipinski definition) is 2. The molecule has 0 radical (unpaired) electrons. The fraction of sp³-hybridized carbons (Fsp3) is 0.389. The maximum Gasteiger partial charge on any atom is 0.224 e. The first-order valence-electron chi connectivity index (χ1n) is 7.72. The molecule has 3 nitrogen and oxygen atoms in total. The monoisotopic (exact) mass is 318 g/mol. The third-order valence-electron chi connectivity index (χ3n) is 4.22. The summed E-state index contributed by atoms with van der Waals surface area (Å²) < 4.78 is 0. The lowest BCUT2D eigenvalue weighted by molar-refractivity contribution is -0.121. The van der Waals surface area contributed by atoms with E-state index >= 15 is 0 Å². The van der Waals surface area contributed by atoms with E-state index in [4.69, 9.17) is 0 Å². The number of benzene rings is 2. The van der Waals surface area contributed by atoms with Crippen LogP contribution in [0.3, 0.4) is 0 Å². The Kier molecular flexibility index (Phi) is 5.81. The van der Waals surface area contributed by atoms with Crippen molar-refractivity contribution in [3.05, 3.63) is 48.0 Å². The number of fused-ring (bicyclic) bond motifs is 1. The van der Waals surface area contributed by atoms with Gasteiger partial charge in [-0.05, 0) is 42.6 Å². The van der Waals surface area contributed by atoms with Crippen LogP contribution in [0.4, 0.5) is 0 Å². The van der Waals surface area contributed by atoms with Crippen LogP contribution in [0.2, 0.25) is 0 Å². The van der Waals surface area contributed by atoms with Crippen LogP contribution in [0.1, 0.15) is 25.3 Å². The van der Waals surface area contributed by atoms with Gasteiger partial charge in [0.25, 0.3) is 0 Å². The number of rotatable bonds is 3. The zero-order chi connectivity index (χ0) is 14.7. The molecule has 0 aromatic heterocycles. The molecule has 0 bridgehead atoms. The first-order chi connectivity index (χ1) is 10.2. The summed E-state index contributed by atoms with van der Waals surface area (Å²) in [5, 5.41) is 8.96. The van der Waals surface area contributed by atoms with Crippen molar-refractivity contribution >= 4 is 29.1 Å². The van der Waals surface area contributed by atoms with E-state index in [0.29, 0.717) is 18.5 Å². The topological polar surface area (TPSA) is 41.1 Å². The molecule has 1 saturated heterocycles. The normalized spacial score (nSPS) is 21.1. The average Bonchev–Trinajstić information content (AvgIpc) is 2.47. The Balaban J connectivity index is 0.00000176. The molecule has 1 fully saturated rings. The standard InChI is InChI=1S/C18H22N2O.ClH/c1-13-11-16(9-10-19-13)20-18(21)12-15-7-4-6-14-5-2-3-8-17(14)15;/h2-8,13,16,19H,9-12H2,1H3,(H,20,21);1H. The quantitative estimate of drug-likeness (QED) is 0.913. The van der Waals surface area contributed by atoms with Crippen molar-refractivity contribution < 1.29 is 4.79 Å². The Bertz CT molecular complexity index is 639. The van der Waals surface area contributed by atoms with Gasteiger partial charge in [-0.2, -0.15) is 0 Å². The van der Waals surface area contributed by atoms with Crippen molar-refractivity contribution in [3.8, 4) is 0 Å². The fourth-order valence-electron chi connectivity index (χ4n) is 3.16. The lowest BCUT2D eigenvalue weighted by atomic mass is 9.99. The predicted molar refractivity (Wildman–Crippen MR) is 93.5 cm³/mol. The number of nitrogens with one attached hydrogen (secondary N) is 2. The molecular formula is C18H23ClN2O. The second-order valence-electron chi connectivity index (χ2n) is 5.96. The molecular weight excluding hydrogens is 296 g/mol. The minimum atomic E-state index is 0. The van der Waals surface area contributed by atoms with E-state index in [2.05, 4.69) is 35.8 Å². The number of halogens is 1. The minimum absolute atomic E-state index is 0. The van der Waals surface area contributed by atoms with Crippen LogP contribution < -0.4 is 10.6 Å². The molecule has 4 heteroatoms. The molecule has 2 N–H and O–H groups in total. The lowest BCUT2D eigenvalue weighted by Crippen LogP contribution is -2.46. The molecule has 0 aliphatic carbocycles. The Morgan fingerprint density at radius 1 is 1.23 bits per heavy atom. The number of amides is 1. The molecule has 2 unspecified atom stereocenters. The zero-order valence-corrected chi connectivity index (χ0v) is 13.7. The van der Waals surface area contributed by atoms with Crippen molar-refractivity contribution in [3.63, 3.8) is 0 Å². The van der Waals surface area contributed by atoms with Gasteiger partial charge in [-0.15, -0.1) is 12.4 Å². The van der Waals surface area contributed by atoms with Gasteiger partial charge in [0.1, 0.15) is 0 Å². The summed E-state index contributed by atoms with van der Waals surface area (Å²) in [5.41, 5.74) is 1.10. The lowest BCUT2D eigenvalue weighted by Gasteiger charge is -2.28. The van der Waals surface area contributed by atoms with Crippen LogP contribution in [-0.2, 0) is 11.2 Å². The highest BCUT2D eigenvalue weighted by Gasteiger charge is 2.20. The fourth-order valence-corrected chi connectivity index (χ4v) is 3.16. The summed E-state index contributed by atoms with van der Waals surface area (Å²) in [6, 6.07) is 15.2. The van der Waals surface area contributed by atoms with Gasteiger partial charge in [0, 0.05) is 12.1 Å². The van der Waals surface area contributed by atoms with Crippen molar-refractivity contribution in [2.24, 2.45) is 0 Å². The van der Waals surface area contributed by atoms with Crippen molar-refractivity contribution in [1.82, 2.24) is 10.6 Å². The number of carbonyl (C=O) groups excluding carboxylic acids is 1. The molecule has 1 aliphatic rings. The van der Waals surface area contributed by atoms with Crippen LogP contribution in [-0.4, -0.2) is 24.5 Å². The van der Waals surface area contributed by atoms with E-state index in [9.17, 15) is 4.79 Å². The second kappa shape index (κ2) is 7.61. The molecule has 0 saturated carbocycles. The summed E-state index contributed by atoms with van der Waals surface area (Å²) in [5.74, 6) is 0.130. The van der Waals surface area contributed by atoms with Gasteiger partial charge in [-0.1, -0.05) is 42.5 Å². The molecule has 1 amide bonds. The molecule has 1 heterocycles. The van der Waals surface area contributed by atoms with Crippen LogP contribution >= 0.6 is 12.4 Å². The van der Waals surface area contributed by atoms with E-state index in [1.807, 2.05) is 24.3 Å². The van der Waals surface area contributed by atoms with Gasteiger partial charge < -0.3 is 10.6 Å². The van der Waals surface area contributed by atoms with E-state index in [1.165, 1.54) is 10.8 Å². The van der Waals surface area contributed by atoms with Crippen LogP contribution in [0, 0.1) is 0 Å². The van der Waals surface area contributed by atoms with Crippen LogP contribution in [0.15, 0.2) is 42.5 Å². The highest BCUT2D eigenvalue weighted by atomic mass is 35.5. The number of piperidine rings is 1. The maximum absolute atomic E-state index is 12.3. The smallest absolute Gasteiger partial charge is 0.224 e. The highest BCUT2D eigenvalue weighted by Crippen LogP contribution is 2.19. The molecule has 22 heavy (non-hydrogen) atoms. The largest absolute Gasteiger partial charge is 0.353 e. The van der Waals surface area contributed by atoms with Gasteiger partial charge in [0.15, 0.2) is 0 Å². The molecule has 2 aromatic rings. The first-order valence-corrected chi connectivity index (χ1v) is 7.72. The van der Waals surface area contributed by atoms with Gasteiger partial charge >= 0.3 is 0 Å². The predicted octanol–water partition coefficient (Wildman–Crippen LogP) is 3.06. The second-order valence-corrected chi connectivity index (χ2v) is 5.96. The van der Waals surface area contributed by atoms with Crippen molar-refractivity contribution in [1.29, 1.82) is 0 Å². The maximum atomic E-state index is 12.3. The summed E-state index contributed by atoms with van der Waals surface area (Å²) in [6.07, 6.45) is 2.49. The molecule has 2 atom stereocenters. The average molecular weight is 319 g/mol. The molecule has 118 valence electrons.